The van der Waals surface area contributed by atoms with Gasteiger partial charge in [0.15, 0.2) is 0 Å². The topological polar surface area (TPSA) is 77.4 Å². The monoisotopic (exact) mass is 542 g/mol. The largest absolute Gasteiger partial charge is 0.394 e. The molecule has 0 saturated carbocycles. The van der Waals surface area contributed by atoms with Crippen LogP contribution in [0.2, 0.25) is 0 Å². The highest BCUT2D eigenvalue weighted by Gasteiger charge is 2.37. The molecule has 0 aromatic heterocycles. The molecular weight excluding hydrogens is 504 g/mol. The molecule has 0 spiro atoms. The van der Waals surface area contributed by atoms with Crippen molar-refractivity contribution in [3.8, 4) is 0 Å². The number of hydrogen-bond donors (Lipinski definition) is 2. The van der Waals surface area contributed by atoms with Crippen LogP contribution in [-0.4, -0.2) is 47.8 Å². The first-order chi connectivity index (χ1) is 19.7. The second-order valence-electron chi connectivity index (χ2n) is 9.61. The lowest BCUT2D eigenvalue weighted by atomic mass is 10.0. The van der Waals surface area contributed by atoms with Gasteiger partial charge in [-0.3, -0.25) is 0 Å². The van der Waals surface area contributed by atoms with Crippen molar-refractivity contribution in [1.29, 1.82) is 0 Å². The van der Waals surface area contributed by atoms with Crippen molar-refractivity contribution < 1.29 is 29.2 Å². The van der Waals surface area contributed by atoms with E-state index >= 15 is 0 Å². The van der Waals surface area contributed by atoms with E-state index in [1.807, 2.05) is 121 Å². The molecule has 40 heavy (non-hydrogen) atoms. The zero-order valence-electron chi connectivity index (χ0n) is 22.6. The van der Waals surface area contributed by atoms with Crippen LogP contribution in [0.1, 0.15) is 22.3 Å². The van der Waals surface area contributed by atoms with E-state index in [1.54, 1.807) is 0 Å². The molecule has 2 N–H and O–H groups in total. The van der Waals surface area contributed by atoms with Crippen LogP contribution >= 0.6 is 0 Å². The molecule has 210 valence electrons. The molecule has 6 nitrogen and oxygen atoms in total. The van der Waals surface area contributed by atoms with Crippen LogP contribution in [0.15, 0.2) is 121 Å². The van der Waals surface area contributed by atoms with Gasteiger partial charge in [0.05, 0.1) is 39.6 Å². The van der Waals surface area contributed by atoms with E-state index in [9.17, 15) is 10.2 Å². The quantitative estimate of drug-likeness (QED) is 0.188. The highest BCUT2D eigenvalue weighted by atomic mass is 16.6. The smallest absolute Gasteiger partial charge is 0.115 e. The molecule has 0 amide bonds. The van der Waals surface area contributed by atoms with Crippen LogP contribution in [0.3, 0.4) is 0 Å². The van der Waals surface area contributed by atoms with Crippen molar-refractivity contribution >= 4 is 0 Å². The second-order valence-corrected chi connectivity index (χ2v) is 9.61. The minimum atomic E-state index is -1.04. The van der Waals surface area contributed by atoms with E-state index < -0.39 is 24.4 Å². The lowest BCUT2D eigenvalue weighted by Crippen LogP contribution is -2.51. The van der Waals surface area contributed by atoms with Crippen LogP contribution in [0.4, 0.5) is 0 Å². The summed E-state index contributed by atoms with van der Waals surface area (Å²) in [6, 6.07) is 39.1. The maximum absolute atomic E-state index is 11.4. The molecule has 4 aromatic carbocycles. The Morgan fingerprint density at radius 2 is 0.850 bits per heavy atom. The number of benzene rings is 4. The van der Waals surface area contributed by atoms with Crippen LogP contribution in [0.5, 0.6) is 0 Å². The normalized spacial score (nSPS) is 14.3. The number of rotatable bonds is 17. The Morgan fingerprint density at radius 1 is 0.475 bits per heavy atom. The van der Waals surface area contributed by atoms with Gasteiger partial charge in [-0.25, -0.2) is 0 Å². The molecule has 0 unspecified atom stereocenters. The first-order valence-electron chi connectivity index (χ1n) is 13.6. The van der Waals surface area contributed by atoms with Crippen molar-refractivity contribution in [2.24, 2.45) is 0 Å². The third kappa shape index (κ3) is 9.68. The molecule has 0 saturated heterocycles. The van der Waals surface area contributed by atoms with E-state index in [0.717, 1.165) is 22.3 Å². The molecule has 4 atom stereocenters. The van der Waals surface area contributed by atoms with Gasteiger partial charge in [-0.05, 0) is 22.3 Å². The van der Waals surface area contributed by atoms with E-state index in [1.165, 1.54) is 0 Å². The standard InChI is InChI=1S/C34H38O6/c35-21-32(38-23-28-15-7-2-8-16-28)34(40-25-30-19-11-4-12-20-30)33(39-24-29-17-9-3-10-18-29)31(36)26-37-22-27-13-5-1-6-14-27/h1-20,31-36H,21-26H2/t31-,32-,33+,34+/m1/s1. The molecule has 0 bridgehead atoms. The third-order valence-electron chi connectivity index (χ3n) is 6.53. The molecule has 0 aliphatic heterocycles. The second kappa shape index (κ2) is 16.7. The Morgan fingerprint density at radius 3 is 1.27 bits per heavy atom. The predicted molar refractivity (Wildman–Crippen MR) is 154 cm³/mol. The van der Waals surface area contributed by atoms with Crippen LogP contribution in [0.25, 0.3) is 0 Å². The molecule has 4 aromatic rings. The van der Waals surface area contributed by atoms with Gasteiger partial charge in [-0.15, -0.1) is 0 Å². The molecule has 4 rings (SSSR count). The lowest BCUT2D eigenvalue weighted by molar-refractivity contribution is -0.193. The van der Waals surface area contributed by atoms with Crippen molar-refractivity contribution in [2.75, 3.05) is 13.2 Å². The van der Waals surface area contributed by atoms with Crippen molar-refractivity contribution in [2.45, 2.75) is 50.8 Å². The highest BCUT2D eigenvalue weighted by molar-refractivity contribution is 5.16. The Balaban J connectivity index is 1.53. The molecule has 0 radical (unpaired) electrons. The lowest BCUT2D eigenvalue weighted by Gasteiger charge is -2.35. The van der Waals surface area contributed by atoms with Gasteiger partial charge in [0.1, 0.15) is 24.4 Å². The van der Waals surface area contributed by atoms with Gasteiger partial charge in [0.2, 0.25) is 0 Å². The molecule has 0 aliphatic carbocycles. The fourth-order valence-corrected chi connectivity index (χ4v) is 4.37. The maximum atomic E-state index is 11.4. The summed E-state index contributed by atoms with van der Waals surface area (Å²) < 4.78 is 24.8. The molecule has 0 fully saturated rings. The Bertz CT molecular complexity index is 1190. The SMILES string of the molecule is OC[C@@H](OCc1ccccc1)[C@H](OCc1ccccc1)[C@@H](OCc1ccccc1)[C@H](O)COCc1ccccc1. The summed E-state index contributed by atoms with van der Waals surface area (Å²) in [6.45, 7) is 0.865. The Hall–Kier alpha value is -3.36. The van der Waals surface area contributed by atoms with Crippen LogP contribution < -0.4 is 0 Å². The Labute approximate surface area is 236 Å². The summed E-state index contributed by atoms with van der Waals surface area (Å²) in [7, 11) is 0. The summed E-state index contributed by atoms with van der Waals surface area (Å²) in [4.78, 5) is 0. The van der Waals surface area contributed by atoms with Crippen LogP contribution in [0, 0.1) is 0 Å². The predicted octanol–water partition coefficient (Wildman–Crippen LogP) is 5.31. The zero-order valence-corrected chi connectivity index (χ0v) is 22.6. The van der Waals surface area contributed by atoms with E-state index in [4.69, 9.17) is 18.9 Å². The minimum Gasteiger partial charge on any atom is -0.394 e. The number of aliphatic hydroxyl groups excluding tert-OH is 2. The number of hydrogen-bond acceptors (Lipinski definition) is 6. The first kappa shape index (κ1) is 29.6. The number of aliphatic hydroxyl groups is 2. The van der Waals surface area contributed by atoms with E-state index in [2.05, 4.69) is 0 Å². The molecule has 0 heterocycles. The minimum absolute atomic E-state index is 0.0242. The molecule has 0 aliphatic rings. The van der Waals surface area contributed by atoms with Crippen LogP contribution in [-0.2, 0) is 45.4 Å². The van der Waals surface area contributed by atoms with Crippen molar-refractivity contribution in [3.05, 3.63) is 144 Å². The van der Waals surface area contributed by atoms with Crippen molar-refractivity contribution in [1.82, 2.24) is 0 Å². The Kier molecular flexibility index (Phi) is 12.3. The maximum Gasteiger partial charge on any atom is 0.115 e. The fraction of sp³-hybridized carbons (Fsp3) is 0.294. The summed E-state index contributed by atoms with van der Waals surface area (Å²) in [6.07, 6.45) is -3.42. The molecular formula is C34H38O6. The van der Waals surface area contributed by atoms with Gasteiger partial charge >= 0.3 is 0 Å². The van der Waals surface area contributed by atoms with Gasteiger partial charge in [-0.2, -0.15) is 0 Å². The van der Waals surface area contributed by atoms with Gasteiger partial charge in [0, 0.05) is 0 Å². The first-order valence-corrected chi connectivity index (χ1v) is 13.6. The third-order valence-corrected chi connectivity index (χ3v) is 6.53. The zero-order chi connectivity index (χ0) is 27.8. The average molecular weight is 543 g/mol. The average Bonchev–Trinajstić information content (AvgIpc) is 3.01. The van der Waals surface area contributed by atoms with Gasteiger partial charge in [-0.1, -0.05) is 121 Å². The van der Waals surface area contributed by atoms with E-state index in [-0.39, 0.29) is 33.0 Å². The summed E-state index contributed by atoms with van der Waals surface area (Å²) in [5.41, 5.74) is 3.89. The highest BCUT2D eigenvalue weighted by Crippen LogP contribution is 2.21. The summed E-state index contributed by atoms with van der Waals surface area (Å²) in [5, 5.41) is 21.8. The summed E-state index contributed by atoms with van der Waals surface area (Å²) in [5.74, 6) is 0. The van der Waals surface area contributed by atoms with E-state index in [0.29, 0.717) is 6.61 Å². The number of ether oxygens (including phenoxy) is 4. The van der Waals surface area contributed by atoms with Gasteiger partial charge < -0.3 is 29.2 Å². The summed E-state index contributed by atoms with van der Waals surface area (Å²) >= 11 is 0. The van der Waals surface area contributed by atoms with Gasteiger partial charge in [0.25, 0.3) is 0 Å². The molecule has 6 heteroatoms. The van der Waals surface area contributed by atoms with Crippen molar-refractivity contribution in [3.63, 3.8) is 0 Å². The fourth-order valence-electron chi connectivity index (χ4n) is 4.37.